The summed E-state index contributed by atoms with van der Waals surface area (Å²) < 4.78 is 0. The van der Waals surface area contributed by atoms with E-state index in [0.717, 1.165) is 0 Å². The van der Waals surface area contributed by atoms with Gasteiger partial charge in [-0.15, -0.1) is 0 Å². The van der Waals surface area contributed by atoms with E-state index in [1.807, 2.05) is 0 Å². The minimum absolute atomic E-state index is 0.00582. The maximum absolute atomic E-state index is 12.3. The largest absolute Gasteiger partial charge is 0.396 e. The van der Waals surface area contributed by atoms with Crippen LogP contribution in [0.4, 0.5) is 11.4 Å². The fourth-order valence-electron chi connectivity index (χ4n) is 2.57. The lowest BCUT2D eigenvalue weighted by molar-refractivity contribution is 0.0995. The first-order valence-corrected chi connectivity index (χ1v) is 6.22. The molecule has 0 saturated heterocycles. The molecular formula is C13H11ClN4O2. The maximum Gasteiger partial charge on any atom is 0.267 e. The molecule has 0 radical (unpaired) electrons. The lowest BCUT2D eigenvalue weighted by Gasteiger charge is -2.15. The van der Waals surface area contributed by atoms with Crippen molar-refractivity contribution in [2.24, 2.45) is 5.73 Å². The Kier molecular flexibility index (Phi) is 2.43. The quantitative estimate of drug-likeness (QED) is 0.776. The average molecular weight is 291 g/mol. The lowest BCUT2D eigenvalue weighted by Crippen LogP contribution is -2.22. The number of nitrogens with two attached hydrogens (primary N) is 2. The molecule has 1 aliphatic heterocycles. The fourth-order valence-corrected chi connectivity index (χ4v) is 2.75. The van der Waals surface area contributed by atoms with Crippen LogP contribution in [0.25, 0.3) is 10.9 Å². The molecule has 1 aromatic carbocycles. The third kappa shape index (κ3) is 1.36. The zero-order valence-corrected chi connectivity index (χ0v) is 11.6. The van der Waals surface area contributed by atoms with Gasteiger partial charge < -0.3 is 16.4 Å². The van der Waals surface area contributed by atoms with Gasteiger partial charge in [-0.2, -0.15) is 0 Å². The second-order valence-corrected chi connectivity index (χ2v) is 5.09. The van der Waals surface area contributed by atoms with Gasteiger partial charge in [-0.05, 0) is 18.6 Å². The van der Waals surface area contributed by atoms with E-state index in [-0.39, 0.29) is 17.3 Å². The van der Waals surface area contributed by atoms with E-state index < -0.39 is 5.91 Å². The van der Waals surface area contributed by atoms with Gasteiger partial charge in [0.05, 0.1) is 27.5 Å². The van der Waals surface area contributed by atoms with Gasteiger partial charge >= 0.3 is 0 Å². The average Bonchev–Trinajstić information content (AvgIpc) is 2.67. The van der Waals surface area contributed by atoms with E-state index in [1.165, 1.54) is 11.0 Å². The van der Waals surface area contributed by atoms with E-state index >= 15 is 0 Å². The molecule has 0 atom stereocenters. The van der Waals surface area contributed by atoms with E-state index in [9.17, 15) is 9.59 Å². The van der Waals surface area contributed by atoms with Crippen molar-refractivity contribution in [1.82, 2.24) is 4.98 Å². The number of amides is 2. The van der Waals surface area contributed by atoms with Crippen molar-refractivity contribution < 1.29 is 9.59 Å². The number of anilines is 2. The molecule has 20 heavy (non-hydrogen) atoms. The molecule has 1 aromatic heterocycles. The topological polar surface area (TPSA) is 102 Å². The van der Waals surface area contributed by atoms with Crippen molar-refractivity contribution in [3.8, 4) is 0 Å². The Bertz CT molecular complexity index is 816. The molecule has 1 aliphatic rings. The molecule has 7 heteroatoms. The monoisotopic (exact) mass is 290 g/mol. The third-order valence-corrected chi connectivity index (χ3v) is 4.04. The van der Waals surface area contributed by atoms with Crippen molar-refractivity contribution in [2.75, 3.05) is 17.7 Å². The van der Waals surface area contributed by atoms with Crippen molar-refractivity contribution in [3.05, 3.63) is 27.9 Å². The Morgan fingerprint density at radius 1 is 1.45 bits per heavy atom. The van der Waals surface area contributed by atoms with Crippen LogP contribution in [0.3, 0.4) is 0 Å². The number of nitrogen functional groups attached to an aromatic ring is 1. The summed E-state index contributed by atoms with van der Waals surface area (Å²) in [7, 11) is 1.64. The highest BCUT2D eigenvalue weighted by Crippen LogP contribution is 2.45. The summed E-state index contributed by atoms with van der Waals surface area (Å²) in [5, 5.41) is 0.941. The smallest absolute Gasteiger partial charge is 0.267 e. The normalized spacial score (nSPS) is 13.3. The molecule has 0 fully saturated rings. The Morgan fingerprint density at radius 2 is 2.10 bits per heavy atom. The van der Waals surface area contributed by atoms with Crippen molar-refractivity contribution in [3.63, 3.8) is 0 Å². The minimum Gasteiger partial charge on any atom is -0.396 e. The number of halogens is 1. The molecule has 102 valence electrons. The Labute approximate surface area is 119 Å². The first kappa shape index (κ1) is 12.7. The molecule has 0 unspecified atom stereocenters. The van der Waals surface area contributed by atoms with Crippen LogP contribution < -0.4 is 16.4 Å². The number of rotatable bonds is 1. The zero-order chi connectivity index (χ0) is 14.8. The number of hydrogen-bond donors (Lipinski definition) is 2. The molecule has 0 spiro atoms. The first-order chi connectivity index (χ1) is 9.34. The first-order valence-electron chi connectivity index (χ1n) is 5.84. The van der Waals surface area contributed by atoms with Gasteiger partial charge in [0.2, 0.25) is 0 Å². The maximum atomic E-state index is 12.3. The van der Waals surface area contributed by atoms with E-state index in [0.29, 0.717) is 32.7 Å². The van der Waals surface area contributed by atoms with Crippen molar-refractivity contribution in [2.45, 2.75) is 6.92 Å². The second-order valence-electron chi connectivity index (χ2n) is 4.71. The summed E-state index contributed by atoms with van der Waals surface area (Å²) in [6.45, 7) is 1.79. The number of benzene rings is 1. The molecule has 0 aliphatic carbocycles. The highest BCUT2D eigenvalue weighted by atomic mass is 35.5. The van der Waals surface area contributed by atoms with Crippen molar-refractivity contribution >= 4 is 45.7 Å². The minimum atomic E-state index is -0.719. The number of carbonyl (C=O) groups is 2. The Morgan fingerprint density at radius 3 is 2.70 bits per heavy atom. The SMILES string of the molecule is Cc1c(Cl)c(N)c2nc(C(N)=O)cc3c2c1N(C)C3=O. The van der Waals surface area contributed by atoms with Crippen LogP contribution >= 0.6 is 11.6 Å². The number of primary amides is 1. The van der Waals surface area contributed by atoms with Gasteiger partial charge in [-0.3, -0.25) is 9.59 Å². The number of carbonyl (C=O) groups excluding carboxylic acids is 2. The van der Waals surface area contributed by atoms with E-state index in [1.54, 1.807) is 14.0 Å². The fraction of sp³-hybridized carbons (Fsp3) is 0.154. The van der Waals surface area contributed by atoms with Crippen LogP contribution in [0.2, 0.25) is 5.02 Å². The van der Waals surface area contributed by atoms with E-state index in [4.69, 9.17) is 23.1 Å². The summed E-state index contributed by atoms with van der Waals surface area (Å²) in [5.74, 6) is -0.956. The predicted molar refractivity (Wildman–Crippen MR) is 77.2 cm³/mol. The summed E-state index contributed by atoms with van der Waals surface area (Å²) in [6, 6.07) is 1.40. The van der Waals surface area contributed by atoms with Gasteiger partial charge in [0.15, 0.2) is 0 Å². The molecule has 6 nitrogen and oxygen atoms in total. The Balaban J connectivity index is 2.58. The molecule has 4 N–H and O–H groups in total. The van der Waals surface area contributed by atoms with Gasteiger partial charge in [0.1, 0.15) is 5.69 Å². The molecule has 0 bridgehead atoms. The standard InChI is InChI=1S/C13H11ClN4O2/c1-4-8(14)9(15)10-7-5(3-6(17-10)12(16)19)13(20)18(2)11(4)7/h3H,15H2,1-2H3,(H2,16,19). The number of aromatic nitrogens is 1. The molecule has 2 heterocycles. The van der Waals surface area contributed by atoms with Crippen molar-refractivity contribution in [1.29, 1.82) is 0 Å². The van der Waals surface area contributed by atoms with Gasteiger partial charge in [0, 0.05) is 12.4 Å². The predicted octanol–water partition coefficient (Wildman–Crippen LogP) is 1.47. The van der Waals surface area contributed by atoms with Gasteiger partial charge in [-0.1, -0.05) is 11.6 Å². The lowest BCUT2D eigenvalue weighted by atomic mass is 10.0. The van der Waals surface area contributed by atoms with Crippen LogP contribution in [-0.2, 0) is 0 Å². The summed E-state index contributed by atoms with van der Waals surface area (Å²) in [5.41, 5.74) is 13.5. The number of nitrogens with zero attached hydrogens (tertiary/aromatic N) is 2. The van der Waals surface area contributed by atoms with Gasteiger partial charge in [0.25, 0.3) is 11.8 Å². The second kappa shape index (κ2) is 3.83. The molecule has 2 aromatic rings. The summed E-state index contributed by atoms with van der Waals surface area (Å²) in [6.07, 6.45) is 0. The highest BCUT2D eigenvalue weighted by Gasteiger charge is 2.32. The van der Waals surface area contributed by atoms with Crippen LogP contribution in [0.1, 0.15) is 26.4 Å². The van der Waals surface area contributed by atoms with Crippen LogP contribution in [0.5, 0.6) is 0 Å². The summed E-state index contributed by atoms with van der Waals surface area (Å²) >= 11 is 6.19. The Hall–Kier alpha value is -2.34. The van der Waals surface area contributed by atoms with Gasteiger partial charge in [-0.25, -0.2) is 4.98 Å². The number of hydrogen-bond acceptors (Lipinski definition) is 4. The summed E-state index contributed by atoms with van der Waals surface area (Å²) in [4.78, 5) is 29.3. The number of pyridine rings is 1. The van der Waals surface area contributed by atoms with Crippen LogP contribution in [0, 0.1) is 6.92 Å². The van der Waals surface area contributed by atoms with Crippen LogP contribution in [-0.4, -0.2) is 23.8 Å². The zero-order valence-electron chi connectivity index (χ0n) is 10.8. The highest BCUT2D eigenvalue weighted by molar-refractivity contribution is 6.38. The molecular weight excluding hydrogens is 280 g/mol. The molecule has 2 amide bonds. The van der Waals surface area contributed by atoms with Crippen LogP contribution in [0.15, 0.2) is 6.07 Å². The third-order valence-electron chi connectivity index (χ3n) is 3.56. The molecule has 0 saturated carbocycles. The molecule has 3 rings (SSSR count). The van der Waals surface area contributed by atoms with E-state index in [2.05, 4.69) is 4.98 Å².